The van der Waals surface area contributed by atoms with E-state index in [0.717, 1.165) is 0 Å². The fourth-order valence-electron chi connectivity index (χ4n) is 1.19. The van der Waals surface area contributed by atoms with Gasteiger partial charge in [0.15, 0.2) is 0 Å². The van der Waals surface area contributed by atoms with Crippen molar-refractivity contribution in [2.75, 3.05) is 18.9 Å². The molecule has 0 spiro atoms. The number of aromatic carboxylic acids is 1. The number of anilines is 1. The molecule has 5 heteroatoms. The Kier molecular flexibility index (Phi) is 4.60. The average molecular weight is 225 g/mol. The molecule has 1 aromatic carbocycles. The Bertz CT molecular complexity index is 365. The van der Waals surface area contributed by atoms with Crippen LogP contribution in [0, 0.1) is 0 Å². The maximum atomic E-state index is 10.7. The van der Waals surface area contributed by atoms with E-state index in [2.05, 4.69) is 0 Å². The predicted octanol–water partition coefficient (Wildman–Crippen LogP) is 1.12. The number of nitrogen functional groups attached to an aromatic ring is 1. The quantitative estimate of drug-likeness (QED) is 0.498. The fourth-order valence-corrected chi connectivity index (χ4v) is 1.19. The molecule has 0 aliphatic heterocycles. The summed E-state index contributed by atoms with van der Waals surface area (Å²) in [7, 11) is 0. The number of carbonyl (C=O) groups is 1. The van der Waals surface area contributed by atoms with Crippen LogP contribution >= 0.6 is 0 Å². The van der Waals surface area contributed by atoms with Crippen LogP contribution in [0.25, 0.3) is 0 Å². The Morgan fingerprint density at radius 1 is 1.38 bits per heavy atom. The summed E-state index contributed by atoms with van der Waals surface area (Å²) in [6.45, 7) is 0.530. The third kappa shape index (κ3) is 3.43. The molecule has 1 rings (SSSR count). The molecule has 0 aromatic heterocycles. The summed E-state index contributed by atoms with van der Waals surface area (Å²) in [6, 6.07) is 4.33. The van der Waals surface area contributed by atoms with E-state index in [0.29, 0.717) is 30.9 Å². The van der Waals surface area contributed by atoms with Gasteiger partial charge in [0.05, 0.1) is 17.9 Å². The first-order valence-electron chi connectivity index (χ1n) is 5.01. The molecule has 0 saturated carbocycles. The van der Waals surface area contributed by atoms with Crippen molar-refractivity contribution in [3.8, 4) is 5.75 Å². The smallest absolute Gasteiger partial charge is 0.335 e. The lowest BCUT2D eigenvalue weighted by atomic mass is 10.2. The van der Waals surface area contributed by atoms with Crippen LogP contribution in [0.3, 0.4) is 0 Å². The van der Waals surface area contributed by atoms with Crippen molar-refractivity contribution in [3.05, 3.63) is 23.8 Å². The molecule has 16 heavy (non-hydrogen) atoms. The van der Waals surface area contributed by atoms with E-state index in [1.54, 1.807) is 0 Å². The van der Waals surface area contributed by atoms with Gasteiger partial charge in [-0.2, -0.15) is 0 Å². The predicted molar refractivity (Wildman–Crippen MR) is 59.6 cm³/mol. The number of carboxylic acid groups (broad SMARTS) is 1. The molecule has 88 valence electrons. The number of unbranched alkanes of at least 4 members (excludes halogenated alkanes) is 1. The third-order valence-electron chi connectivity index (χ3n) is 2.07. The Hall–Kier alpha value is -1.75. The average Bonchev–Trinajstić information content (AvgIpc) is 2.26. The Morgan fingerprint density at radius 3 is 2.75 bits per heavy atom. The van der Waals surface area contributed by atoms with Crippen molar-refractivity contribution in [1.29, 1.82) is 0 Å². The van der Waals surface area contributed by atoms with E-state index >= 15 is 0 Å². The number of nitrogens with two attached hydrogens (primary N) is 1. The van der Waals surface area contributed by atoms with Crippen molar-refractivity contribution < 1.29 is 19.7 Å². The van der Waals surface area contributed by atoms with Gasteiger partial charge in [0.2, 0.25) is 0 Å². The third-order valence-corrected chi connectivity index (χ3v) is 2.07. The SMILES string of the molecule is Nc1ccc(C(=O)O)cc1OCCCCO. The largest absolute Gasteiger partial charge is 0.491 e. The van der Waals surface area contributed by atoms with E-state index in [9.17, 15) is 4.79 Å². The van der Waals surface area contributed by atoms with Crippen LogP contribution < -0.4 is 10.5 Å². The zero-order chi connectivity index (χ0) is 12.0. The van der Waals surface area contributed by atoms with E-state index in [-0.39, 0.29) is 12.2 Å². The molecule has 0 atom stereocenters. The molecule has 5 nitrogen and oxygen atoms in total. The van der Waals surface area contributed by atoms with Gasteiger partial charge in [-0.1, -0.05) is 0 Å². The van der Waals surface area contributed by atoms with E-state index < -0.39 is 5.97 Å². The zero-order valence-corrected chi connectivity index (χ0v) is 8.85. The first kappa shape index (κ1) is 12.3. The maximum Gasteiger partial charge on any atom is 0.335 e. The summed E-state index contributed by atoms with van der Waals surface area (Å²) in [4.78, 5) is 10.7. The fraction of sp³-hybridized carbons (Fsp3) is 0.364. The van der Waals surface area contributed by atoms with Crippen molar-refractivity contribution in [2.24, 2.45) is 0 Å². The first-order chi connectivity index (χ1) is 7.65. The molecular formula is C11H15NO4. The summed E-state index contributed by atoms with van der Waals surface area (Å²) in [5.74, 6) is -0.641. The lowest BCUT2D eigenvalue weighted by Crippen LogP contribution is -2.03. The van der Waals surface area contributed by atoms with Gasteiger partial charge in [-0.25, -0.2) is 4.79 Å². The number of ether oxygens (including phenoxy) is 1. The van der Waals surface area contributed by atoms with Crippen LogP contribution in [0.15, 0.2) is 18.2 Å². The Labute approximate surface area is 93.5 Å². The van der Waals surface area contributed by atoms with Gasteiger partial charge in [-0.3, -0.25) is 0 Å². The van der Waals surface area contributed by atoms with Crippen LogP contribution in [-0.4, -0.2) is 29.4 Å². The molecule has 0 aliphatic carbocycles. The normalized spacial score (nSPS) is 10.1. The number of aliphatic hydroxyl groups is 1. The van der Waals surface area contributed by atoms with Crippen molar-refractivity contribution in [1.82, 2.24) is 0 Å². The number of rotatable bonds is 6. The van der Waals surface area contributed by atoms with Crippen LogP contribution in [-0.2, 0) is 0 Å². The minimum absolute atomic E-state index is 0.119. The monoisotopic (exact) mass is 225 g/mol. The van der Waals surface area contributed by atoms with Gasteiger partial charge in [0.25, 0.3) is 0 Å². The van der Waals surface area contributed by atoms with Crippen LogP contribution in [0.2, 0.25) is 0 Å². The molecule has 4 N–H and O–H groups in total. The van der Waals surface area contributed by atoms with E-state index in [4.69, 9.17) is 20.7 Å². The Morgan fingerprint density at radius 2 is 2.12 bits per heavy atom. The molecule has 0 heterocycles. The lowest BCUT2D eigenvalue weighted by molar-refractivity contribution is 0.0696. The molecular weight excluding hydrogens is 210 g/mol. The highest BCUT2D eigenvalue weighted by atomic mass is 16.5. The summed E-state index contributed by atoms with van der Waals surface area (Å²) >= 11 is 0. The van der Waals surface area contributed by atoms with Gasteiger partial charge >= 0.3 is 5.97 Å². The number of hydrogen-bond donors (Lipinski definition) is 3. The first-order valence-corrected chi connectivity index (χ1v) is 5.01. The van der Waals surface area contributed by atoms with E-state index in [1.807, 2.05) is 0 Å². The number of hydrogen-bond acceptors (Lipinski definition) is 4. The minimum Gasteiger partial charge on any atom is -0.491 e. The highest BCUT2D eigenvalue weighted by Crippen LogP contribution is 2.22. The highest BCUT2D eigenvalue weighted by molar-refractivity contribution is 5.89. The second-order valence-electron chi connectivity index (χ2n) is 3.34. The summed E-state index contributed by atoms with van der Waals surface area (Å²) in [6.07, 6.45) is 1.35. The van der Waals surface area contributed by atoms with E-state index in [1.165, 1.54) is 18.2 Å². The maximum absolute atomic E-state index is 10.7. The minimum atomic E-state index is -1.01. The summed E-state index contributed by atoms with van der Waals surface area (Å²) < 4.78 is 5.33. The van der Waals surface area contributed by atoms with Crippen LogP contribution in [0.4, 0.5) is 5.69 Å². The highest BCUT2D eigenvalue weighted by Gasteiger charge is 2.07. The van der Waals surface area contributed by atoms with Crippen molar-refractivity contribution >= 4 is 11.7 Å². The second-order valence-corrected chi connectivity index (χ2v) is 3.34. The molecule has 0 saturated heterocycles. The molecule has 0 aliphatic rings. The summed E-state index contributed by atoms with van der Waals surface area (Å²) in [5.41, 5.74) is 6.19. The van der Waals surface area contributed by atoms with Gasteiger partial charge in [0, 0.05) is 6.61 Å². The number of carboxylic acids is 1. The standard InChI is InChI=1S/C11H15NO4/c12-9-4-3-8(11(14)15)7-10(9)16-6-2-1-5-13/h3-4,7,13H,1-2,5-6,12H2,(H,14,15). The number of benzene rings is 1. The zero-order valence-electron chi connectivity index (χ0n) is 8.85. The van der Waals surface area contributed by atoms with Gasteiger partial charge in [-0.15, -0.1) is 0 Å². The molecule has 0 radical (unpaired) electrons. The van der Waals surface area contributed by atoms with Gasteiger partial charge < -0.3 is 20.7 Å². The molecule has 0 unspecified atom stereocenters. The second kappa shape index (κ2) is 5.97. The van der Waals surface area contributed by atoms with Crippen LogP contribution in [0.1, 0.15) is 23.2 Å². The number of aliphatic hydroxyl groups excluding tert-OH is 1. The van der Waals surface area contributed by atoms with Gasteiger partial charge in [0.1, 0.15) is 5.75 Å². The van der Waals surface area contributed by atoms with Gasteiger partial charge in [-0.05, 0) is 31.0 Å². The molecule has 1 aromatic rings. The molecule has 0 amide bonds. The van der Waals surface area contributed by atoms with Crippen molar-refractivity contribution in [2.45, 2.75) is 12.8 Å². The van der Waals surface area contributed by atoms with Crippen LogP contribution in [0.5, 0.6) is 5.75 Å². The molecule has 0 bridgehead atoms. The molecule has 0 fully saturated rings. The summed E-state index contributed by atoms with van der Waals surface area (Å²) in [5, 5.41) is 17.4. The lowest BCUT2D eigenvalue weighted by Gasteiger charge is -2.09. The topological polar surface area (TPSA) is 92.8 Å². The Balaban J connectivity index is 2.63. The van der Waals surface area contributed by atoms with Crippen molar-refractivity contribution in [3.63, 3.8) is 0 Å².